The summed E-state index contributed by atoms with van der Waals surface area (Å²) < 4.78 is 5.76. The van der Waals surface area contributed by atoms with Gasteiger partial charge in [0.25, 0.3) is 5.91 Å². The molecule has 5 heteroatoms. The van der Waals surface area contributed by atoms with E-state index in [1.165, 1.54) is 11.3 Å². The highest BCUT2D eigenvalue weighted by Gasteiger charge is 2.41. The van der Waals surface area contributed by atoms with Crippen LogP contribution in [0.2, 0.25) is 0 Å². The fourth-order valence-corrected chi connectivity index (χ4v) is 3.90. The first-order chi connectivity index (χ1) is 10.2. The lowest BCUT2D eigenvalue weighted by Crippen LogP contribution is -2.41. The van der Waals surface area contributed by atoms with Gasteiger partial charge in [-0.25, -0.2) is 0 Å². The van der Waals surface area contributed by atoms with Crippen LogP contribution in [0.3, 0.4) is 0 Å². The van der Waals surface area contributed by atoms with Crippen molar-refractivity contribution >= 4 is 17.2 Å². The van der Waals surface area contributed by atoms with Crippen LogP contribution in [0.1, 0.15) is 45.8 Å². The number of rotatable bonds is 3. The van der Waals surface area contributed by atoms with Gasteiger partial charge in [-0.3, -0.25) is 4.79 Å². The van der Waals surface area contributed by atoms with E-state index in [4.69, 9.17) is 9.84 Å². The Morgan fingerprint density at radius 2 is 2.43 bits per heavy atom. The molecule has 0 aliphatic carbocycles. The van der Waals surface area contributed by atoms with Crippen LogP contribution >= 0.6 is 11.3 Å². The monoisotopic (exact) mass is 305 g/mol. The first kappa shape index (κ1) is 14.6. The molecule has 2 fully saturated rings. The Bertz CT molecular complexity index is 598. The normalized spacial score (nSPS) is 26.5. The molecule has 0 radical (unpaired) electrons. The van der Waals surface area contributed by atoms with Gasteiger partial charge in [0, 0.05) is 6.42 Å². The molecule has 2 aliphatic rings. The number of carbonyl (C=O) groups is 1. The number of hydrogen-bond acceptors (Lipinski definition) is 4. The Morgan fingerprint density at radius 1 is 1.57 bits per heavy atom. The highest BCUT2D eigenvalue weighted by molar-refractivity contribution is 7.14. The second-order valence-corrected chi connectivity index (χ2v) is 6.64. The molecule has 2 N–H and O–H groups in total. The van der Waals surface area contributed by atoms with Crippen molar-refractivity contribution in [3.63, 3.8) is 0 Å². The van der Waals surface area contributed by atoms with Gasteiger partial charge in [0.2, 0.25) is 0 Å². The van der Waals surface area contributed by atoms with Crippen LogP contribution in [-0.4, -0.2) is 35.9 Å². The van der Waals surface area contributed by atoms with E-state index in [1.54, 1.807) is 0 Å². The number of hydrogen-bond donors (Lipinski definition) is 2. The van der Waals surface area contributed by atoms with Gasteiger partial charge in [0.15, 0.2) is 0 Å². The van der Waals surface area contributed by atoms with E-state index in [2.05, 4.69) is 17.2 Å². The fourth-order valence-electron chi connectivity index (χ4n) is 2.95. The van der Waals surface area contributed by atoms with E-state index in [9.17, 15) is 4.79 Å². The quantitative estimate of drug-likeness (QED) is 0.838. The Balaban J connectivity index is 1.65. The maximum atomic E-state index is 12.3. The average Bonchev–Trinajstić information content (AvgIpc) is 3.15. The molecule has 1 aromatic heterocycles. The van der Waals surface area contributed by atoms with Gasteiger partial charge in [0.05, 0.1) is 34.6 Å². The molecule has 2 bridgehead atoms. The van der Waals surface area contributed by atoms with Gasteiger partial charge in [-0.1, -0.05) is 11.8 Å². The summed E-state index contributed by atoms with van der Waals surface area (Å²) in [6.45, 7) is 2.02. The van der Waals surface area contributed by atoms with Crippen LogP contribution in [-0.2, 0) is 4.74 Å². The summed E-state index contributed by atoms with van der Waals surface area (Å²) >= 11 is 1.41. The third-order valence-corrected chi connectivity index (χ3v) is 5.15. The van der Waals surface area contributed by atoms with Gasteiger partial charge < -0.3 is 15.2 Å². The van der Waals surface area contributed by atoms with E-state index in [0.717, 1.165) is 29.7 Å². The fraction of sp³-hybridized carbons (Fsp3) is 0.562. The summed E-state index contributed by atoms with van der Waals surface area (Å²) in [5.41, 5.74) is 1.01. The maximum absolute atomic E-state index is 12.3. The molecule has 3 heterocycles. The molecule has 2 aliphatic heterocycles. The van der Waals surface area contributed by atoms with E-state index >= 15 is 0 Å². The summed E-state index contributed by atoms with van der Waals surface area (Å²) in [7, 11) is 0. The predicted molar refractivity (Wildman–Crippen MR) is 81.4 cm³/mol. The molecule has 112 valence electrons. The lowest BCUT2D eigenvalue weighted by Gasteiger charge is -2.19. The molecule has 0 spiro atoms. The van der Waals surface area contributed by atoms with E-state index in [1.807, 2.05) is 13.0 Å². The van der Waals surface area contributed by atoms with E-state index in [-0.39, 0.29) is 24.7 Å². The van der Waals surface area contributed by atoms with E-state index in [0.29, 0.717) is 17.4 Å². The highest BCUT2D eigenvalue weighted by atomic mass is 32.1. The van der Waals surface area contributed by atoms with Crippen molar-refractivity contribution in [1.29, 1.82) is 0 Å². The van der Waals surface area contributed by atoms with Crippen LogP contribution in [0.4, 0.5) is 0 Å². The highest BCUT2D eigenvalue weighted by Crippen LogP contribution is 2.34. The minimum Gasteiger partial charge on any atom is -0.395 e. The first-order valence-electron chi connectivity index (χ1n) is 7.34. The second-order valence-electron chi connectivity index (χ2n) is 5.59. The molecular weight excluding hydrogens is 286 g/mol. The third-order valence-electron chi connectivity index (χ3n) is 4.00. The number of aryl methyl sites for hydroxylation is 1. The SMILES string of the molecule is Cc1cc(C(=O)NC2CC3CCC2O3)sc1C#CCCO. The van der Waals surface area contributed by atoms with Gasteiger partial charge in [0.1, 0.15) is 0 Å². The minimum atomic E-state index is -0.0283. The summed E-state index contributed by atoms with van der Waals surface area (Å²) in [6, 6.07) is 2.04. The number of aliphatic hydroxyl groups is 1. The minimum absolute atomic E-state index is 0.0283. The predicted octanol–water partition coefficient (Wildman–Crippen LogP) is 1.84. The first-order valence-corrected chi connectivity index (χ1v) is 8.15. The van der Waals surface area contributed by atoms with Crippen molar-refractivity contribution < 1.29 is 14.6 Å². The maximum Gasteiger partial charge on any atom is 0.261 e. The van der Waals surface area contributed by atoms with Gasteiger partial charge in [-0.15, -0.1) is 11.3 Å². The zero-order valence-corrected chi connectivity index (χ0v) is 12.8. The Labute approximate surface area is 128 Å². The lowest BCUT2D eigenvalue weighted by molar-refractivity contribution is 0.0843. The van der Waals surface area contributed by atoms with Crippen molar-refractivity contribution in [2.75, 3.05) is 6.61 Å². The van der Waals surface area contributed by atoms with Crippen molar-refractivity contribution in [2.24, 2.45) is 0 Å². The molecule has 1 aromatic rings. The second kappa shape index (κ2) is 6.18. The number of carbonyl (C=O) groups excluding carboxylic acids is 1. The molecular formula is C16H19NO3S. The van der Waals surface area contributed by atoms with Crippen LogP contribution in [0, 0.1) is 18.8 Å². The number of ether oxygens (including phenoxy) is 1. The molecule has 0 saturated carbocycles. The van der Waals surface area contributed by atoms with Crippen LogP contribution in [0.15, 0.2) is 6.07 Å². The van der Waals surface area contributed by atoms with Crippen LogP contribution < -0.4 is 5.32 Å². The molecule has 2 saturated heterocycles. The molecule has 21 heavy (non-hydrogen) atoms. The topological polar surface area (TPSA) is 58.6 Å². The standard InChI is InChI=1S/C16H19NO3S/c1-10-8-15(21-14(10)4-2-3-7-18)16(19)17-12-9-11-5-6-13(12)20-11/h8,11-13,18H,3,5-7,9H2,1H3,(H,17,19). The molecule has 3 unspecified atom stereocenters. The average molecular weight is 305 g/mol. The number of amides is 1. The Hall–Kier alpha value is -1.35. The van der Waals surface area contributed by atoms with Crippen LogP contribution in [0.5, 0.6) is 0 Å². The zero-order chi connectivity index (χ0) is 14.8. The van der Waals surface area contributed by atoms with Crippen molar-refractivity contribution in [3.05, 3.63) is 21.4 Å². The van der Waals surface area contributed by atoms with Crippen molar-refractivity contribution in [2.45, 2.75) is 50.9 Å². The summed E-state index contributed by atoms with van der Waals surface area (Å²) in [4.78, 5) is 13.9. The lowest BCUT2D eigenvalue weighted by atomic mass is 9.95. The molecule has 0 aromatic carbocycles. The zero-order valence-electron chi connectivity index (χ0n) is 12.0. The Kier molecular flexibility index (Phi) is 4.29. The number of fused-ring (bicyclic) bond motifs is 2. The molecule has 3 atom stereocenters. The van der Waals surface area contributed by atoms with Crippen molar-refractivity contribution in [1.82, 2.24) is 5.32 Å². The third kappa shape index (κ3) is 3.13. The van der Waals surface area contributed by atoms with Crippen LogP contribution in [0.25, 0.3) is 0 Å². The molecule has 4 nitrogen and oxygen atoms in total. The summed E-state index contributed by atoms with van der Waals surface area (Å²) in [6.07, 6.45) is 4.11. The van der Waals surface area contributed by atoms with Crippen molar-refractivity contribution in [3.8, 4) is 11.8 Å². The number of thiophene rings is 1. The van der Waals surface area contributed by atoms with Gasteiger partial charge in [-0.05, 0) is 37.8 Å². The number of nitrogens with one attached hydrogen (secondary N) is 1. The number of aliphatic hydroxyl groups excluding tert-OH is 1. The Morgan fingerprint density at radius 3 is 3.10 bits per heavy atom. The summed E-state index contributed by atoms with van der Waals surface area (Å²) in [5.74, 6) is 5.88. The summed E-state index contributed by atoms with van der Waals surface area (Å²) in [5, 5.41) is 11.8. The molecule has 3 rings (SSSR count). The van der Waals surface area contributed by atoms with Gasteiger partial charge in [-0.2, -0.15) is 0 Å². The molecule has 1 amide bonds. The largest absolute Gasteiger partial charge is 0.395 e. The van der Waals surface area contributed by atoms with Gasteiger partial charge >= 0.3 is 0 Å². The van der Waals surface area contributed by atoms with E-state index < -0.39 is 0 Å². The smallest absolute Gasteiger partial charge is 0.261 e.